The van der Waals surface area contributed by atoms with Crippen LogP contribution in [0.3, 0.4) is 0 Å². The Morgan fingerprint density at radius 3 is 2.61 bits per heavy atom. The standard InChI is InChI=1S/C22H27N5S/c1-23-22(26(2)15-18-7-9-21(28-3)10-8-18)25-14-19-5-4-6-20(13-19)16-27-12-11-24-17-27/h4-13,17H,14-16H2,1-3H3,(H,23,25). The Balaban J connectivity index is 1.57. The van der Waals surface area contributed by atoms with Gasteiger partial charge in [0.25, 0.3) is 0 Å². The van der Waals surface area contributed by atoms with Gasteiger partial charge in [0, 0.05) is 51.0 Å². The third kappa shape index (κ3) is 5.63. The first kappa shape index (κ1) is 20.0. The van der Waals surface area contributed by atoms with Crippen LogP contribution in [0.4, 0.5) is 0 Å². The fourth-order valence-electron chi connectivity index (χ4n) is 3.07. The Morgan fingerprint density at radius 2 is 1.93 bits per heavy atom. The van der Waals surface area contributed by atoms with Crippen molar-refractivity contribution < 1.29 is 0 Å². The average molecular weight is 394 g/mol. The first-order valence-electron chi connectivity index (χ1n) is 9.26. The van der Waals surface area contributed by atoms with E-state index in [4.69, 9.17) is 0 Å². The van der Waals surface area contributed by atoms with Crippen molar-refractivity contribution in [2.24, 2.45) is 4.99 Å². The number of imidazole rings is 1. The minimum Gasteiger partial charge on any atom is -0.352 e. The molecule has 3 aromatic rings. The van der Waals surface area contributed by atoms with Crippen LogP contribution in [0, 0.1) is 0 Å². The van der Waals surface area contributed by atoms with Crippen molar-refractivity contribution in [3.05, 3.63) is 83.9 Å². The average Bonchev–Trinajstić information content (AvgIpc) is 3.22. The highest BCUT2D eigenvalue weighted by atomic mass is 32.2. The number of rotatable bonds is 7. The Bertz CT molecular complexity index is 888. The molecule has 0 unspecified atom stereocenters. The first-order chi connectivity index (χ1) is 13.7. The number of hydrogen-bond donors (Lipinski definition) is 1. The molecular weight excluding hydrogens is 366 g/mol. The predicted octanol–water partition coefficient (Wildman–Crippen LogP) is 3.86. The molecule has 1 heterocycles. The summed E-state index contributed by atoms with van der Waals surface area (Å²) in [6.45, 7) is 2.38. The molecule has 6 heteroatoms. The van der Waals surface area contributed by atoms with Crippen LogP contribution >= 0.6 is 11.8 Å². The lowest BCUT2D eigenvalue weighted by Crippen LogP contribution is -2.38. The number of nitrogens with zero attached hydrogens (tertiary/aromatic N) is 4. The summed E-state index contributed by atoms with van der Waals surface area (Å²) < 4.78 is 2.07. The maximum atomic E-state index is 4.43. The topological polar surface area (TPSA) is 45.5 Å². The van der Waals surface area contributed by atoms with Crippen molar-refractivity contribution in [3.63, 3.8) is 0 Å². The van der Waals surface area contributed by atoms with E-state index in [9.17, 15) is 0 Å². The summed E-state index contributed by atoms with van der Waals surface area (Å²) >= 11 is 1.76. The minimum atomic E-state index is 0.736. The summed E-state index contributed by atoms with van der Waals surface area (Å²) in [5.41, 5.74) is 3.76. The molecule has 0 amide bonds. The molecule has 0 aliphatic carbocycles. The van der Waals surface area contributed by atoms with Gasteiger partial charge >= 0.3 is 0 Å². The van der Waals surface area contributed by atoms with E-state index in [1.807, 2.05) is 19.6 Å². The van der Waals surface area contributed by atoms with Crippen LogP contribution in [0.25, 0.3) is 0 Å². The number of benzene rings is 2. The molecule has 0 aliphatic heterocycles. The van der Waals surface area contributed by atoms with E-state index in [0.717, 1.165) is 25.6 Å². The second kappa shape index (κ2) is 9.99. The number of guanidine groups is 1. The van der Waals surface area contributed by atoms with Gasteiger partial charge in [0.05, 0.1) is 6.33 Å². The van der Waals surface area contributed by atoms with Crippen LogP contribution in [0.1, 0.15) is 16.7 Å². The lowest BCUT2D eigenvalue weighted by molar-refractivity contribution is 0.476. The quantitative estimate of drug-likeness (QED) is 0.376. The van der Waals surface area contributed by atoms with Crippen molar-refractivity contribution in [3.8, 4) is 0 Å². The van der Waals surface area contributed by atoms with Gasteiger partial charge in [-0.05, 0) is 35.1 Å². The van der Waals surface area contributed by atoms with Crippen LogP contribution in [-0.4, -0.2) is 40.8 Å². The molecule has 1 aromatic heterocycles. The molecule has 0 spiro atoms. The molecule has 2 aromatic carbocycles. The van der Waals surface area contributed by atoms with E-state index >= 15 is 0 Å². The normalized spacial score (nSPS) is 11.5. The fourth-order valence-corrected chi connectivity index (χ4v) is 3.48. The molecule has 0 saturated heterocycles. The first-order valence-corrected chi connectivity index (χ1v) is 10.5. The van der Waals surface area contributed by atoms with Gasteiger partial charge < -0.3 is 14.8 Å². The summed E-state index contributed by atoms with van der Waals surface area (Å²) in [5, 5.41) is 3.47. The molecule has 3 rings (SSSR count). The number of aromatic nitrogens is 2. The van der Waals surface area contributed by atoms with Crippen LogP contribution < -0.4 is 5.32 Å². The van der Waals surface area contributed by atoms with Gasteiger partial charge in [-0.2, -0.15) is 0 Å². The molecule has 1 N–H and O–H groups in total. The molecule has 28 heavy (non-hydrogen) atoms. The largest absolute Gasteiger partial charge is 0.352 e. The zero-order chi connectivity index (χ0) is 19.8. The molecular formula is C22H27N5S. The van der Waals surface area contributed by atoms with Gasteiger partial charge in [-0.3, -0.25) is 4.99 Å². The monoisotopic (exact) mass is 393 g/mol. The van der Waals surface area contributed by atoms with Gasteiger partial charge in [-0.1, -0.05) is 36.4 Å². The highest BCUT2D eigenvalue weighted by Gasteiger charge is 2.07. The smallest absolute Gasteiger partial charge is 0.193 e. The Morgan fingerprint density at radius 1 is 1.14 bits per heavy atom. The zero-order valence-electron chi connectivity index (χ0n) is 16.7. The summed E-state index contributed by atoms with van der Waals surface area (Å²) in [6, 6.07) is 17.3. The van der Waals surface area contributed by atoms with Gasteiger partial charge in [0.2, 0.25) is 0 Å². The molecule has 0 radical (unpaired) electrons. The van der Waals surface area contributed by atoms with Crippen molar-refractivity contribution in [2.45, 2.75) is 24.5 Å². The van der Waals surface area contributed by atoms with Gasteiger partial charge in [0.1, 0.15) is 0 Å². The molecule has 0 fully saturated rings. The van der Waals surface area contributed by atoms with Crippen molar-refractivity contribution in [2.75, 3.05) is 20.4 Å². The van der Waals surface area contributed by atoms with E-state index in [1.165, 1.54) is 21.6 Å². The lowest BCUT2D eigenvalue weighted by atomic mass is 10.1. The van der Waals surface area contributed by atoms with Crippen LogP contribution in [0.2, 0.25) is 0 Å². The molecule has 0 saturated carbocycles. The summed E-state index contributed by atoms with van der Waals surface area (Å²) in [7, 11) is 3.89. The second-order valence-corrected chi connectivity index (χ2v) is 7.54. The number of nitrogens with one attached hydrogen (secondary N) is 1. The molecule has 0 bridgehead atoms. The van der Waals surface area contributed by atoms with Crippen LogP contribution in [-0.2, 0) is 19.6 Å². The van der Waals surface area contributed by atoms with Crippen molar-refractivity contribution in [1.82, 2.24) is 19.8 Å². The number of hydrogen-bond acceptors (Lipinski definition) is 3. The van der Waals surface area contributed by atoms with Gasteiger partial charge in [0.15, 0.2) is 5.96 Å². The number of thioether (sulfide) groups is 1. The zero-order valence-corrected chi connectivity index (χ0v) is 17.5. The van der Waals surface area contributed by atoms with E-state index in [1.54, 1.807) is 18.0 Å². The lowest BCUT2D eigenvalue weighted by Gasteiger charge is -2.22. The van der Waals surface area contributed by atoms with E-state index < -0.39 is 0 Å². The Labute approximate surface area is 171 Å². The summed E-state index contributed by atoms with van der Waals surface area (Å²) in [6.07, 6.45) is 7.72. The SMILES string of the molecule is CN=C(NCc1cccc(Cn2ccnc2)c1)N(C)Cc1ccc(SC)cc1. The van der Waals surface area contributed by atoms with E-state index in [0.29, 0.717) is 0 Å². The van der Waals surface area contributed by atoms with Gasteiger partial charge in [-0.15, -0.1) is 11.8 Å². The fraction of sp³-hybridized carbons (Fsp3) is 0.273. The van der Waals surface area contributed by atoms with Crippen molar-refractivity contribution in [1.29, 1.82) is 0 Å². The minimum absolute atomic E-state index is 0.736. The molecule has 0 aliphatic rings. The highest BCUT2D eigenvalue weighted by molar-refractivity contribution is 7.98. The Kier molecular flexibility index (Phi) is 7.14. The van der Waals surface area contributed by atoms with Crippen LogP contribution in [0.15, 0.2) is 77.1 Å². The number of aliphatic imine (C=N–C) groups is 1. The van der Waals surface area contributed by atoms with E-state index in [-0.39, 0.29) is 0 Å². The van der Waals surface area contributed by atoms with Crippen LogP contribution in [0.5, 0.6) is 0 Å². The molecule has 146 valence electrons. The van der Waals surface area contributed by atoms with E-state index in [2.05, 4.69) is 86.6 Å². The molecule has 5 nitrogen and oxygen atoms in total. The highest BCUT2D eigenvalue weighted by Crippen LogP contribution is 2.15. The maximum absolute atomic E-state index is 4.43. The van der Waals surface area contributed by atoms with Crippen molar-refractivity contribution >= 4 is 17.7 Å². The second-order valence-electron chi connectivity index (χ2n) is 6.66. The predicted molar refractivity (Wildman–Crippen MR) is 118 cm³/mol. The maximum Gasteiger partial charge on any atom is 0.193 e. The third-order valence-electron chi connectivity index (χ3n) is 4.52. The summed E-state index contributed by atoms with van der Waals surface area (Å²) in [5.74, 6) is 0.883. The Hall–Kier alpha value is -2.73. The third-order valence-corrected chi connectivity index (χ3v) is 5.26. The van der Waals surface area contributed by atoms with Gasteiger partial charge in [-0.25, -0.2) is 4.98 Å². The molecule has 0 atom stereocenters. The summed E-state index contributed by atoms with van der Waals surface area (Å²) in [4.78, 5) is 12.0.